The topological polar surface area (TPSA) is 85.0 Å². The van der Waals surface area contributed by atoms with E-state index in [1.54, 1.807) is 10.7 Å². The number of nitrogens with zero attached hydrogens (tertiary/aromatic N) is 4. The normalized spacial score (nSPS) is 16.2. The summed E-state index contributed by atoms with van der Waals surface area (Å²) in [5.74, 6) is -1.31. The maximum Gasteiger partial charge on any atom is 0.494 e. The summed E-state index contributed by atoms with van der Waals surface area (Å²) in [4.78, 5) is 4.45. The van der Waals surface area contributed by atoms with Crippen molar-refractivity contribution in [2.45, 2.75) is 52.0 Å². The van der Waals surface area contributed by atoms with Gasteiger partial charge in [0.2, 0.25) is 0 Å². The molecule has 0 spiro atoms. The summed E-state index contributed by atoms with van der Waals surface area (Å²) in [5.41, 5.74) is 2.64. The van der Waals surface area contributed by atoms with Crippen molar-refractivity contribution in [3.05, 3.63) is 83.1 Å². The van der Waals surface area contributed by atoms with Crippen LogP contribution in [0.15, 0.2) is 54.7 Å². The van der Waals surface area contributed by atoms with Gasteiger partial charge < -0.3 is 14.6 Å². The number of pyridine rings is 1. The summed E-state index contributed by atoms with van der Waals surface area (Å²) in [5, 5.41) is 17.8. The third-order valence-electron chi connectivity index (χ3n) is 7.00. The molecule has 0 saturated carbocycles. The average molecular weight is 501 g/mol. The van der Waals surface area contributed by atoms with E-state index in [1.165, 1.54) is 12.3 Å². The Morgan fingerprint density at radius 2 is 1.65 bits per heavy atom. The van der Waals surface area contributed by atoms with Crippen molar-refractivity contribution in [3.8, 4) is 6.07 Å². The van der Waals surface area contributed by atoms with E-state index in [0.717, 1.165) is 23.2 Å². The van der Waals surface area contributed by atoms with Crippen molar-refractivity contribution in [1.29, 1.82) is 5.26 Å². The number of fused-ring (bicyclic) bond motifs is 1. The van der Waals surface area contributed by atoms with E-state index < -0.39 is 30.0 Å². The van der Waals surface area contributed by atoms with Crippen molar-refractivity contribution in [2.75, 3.05) is 5.32 Å². The lowest BCUT2D eigenvalue weighted by Crippen LogP contribution is -2.41. The van der Waals surface area contributed by atoms with Crippen LogP contribution < -0.4 is 10.8 Å². The molecule has 2 aromatic carbocycles. The lowest BCUT2D eigenvalue weighted by molar-refractivity contribution is 0.00578. The summed E-state index contributed by atoms with van der Waals surface area (Å²) >= 11 is 0. The minimum atomic E-state index is -0.910. The highest BCUT2D eigenvalue weighted by atomic mass is 19.2. The van der Waals surface area contributed by atoms with Crippen molar-refractivity contribution in [3.63, 3.8) is 0 Å². The first-order valence-corrected chi connectivity index (χ1v) is 12.0. The van der Waals surface area contributed by atoms with Gasteiger partial charge in [-0.15, -0.1) is 0 Å². The second kappa shape index (κ2) is 9.25. The zero-order valence-electron chi connectivity index (χ0n) is 21.0. The smallest absolute Gasteiger partial charge is 0.399 e. The monoisotopic (exact) mass is 501 g/mol. The summed E-state index contributed by atoms with van der Waals surface area (Å²) in [7, 11) is -0.442. The van der Waals surface area contributed by atoms with Gasteiger partial charge in [-0.25, -0.2) is 18.4 Å². The summed E-state index contributed by atoms with van der Waals surface area (Å²) < 4.78 is 40.9. The molecule has 1 fully saturated rings. The van der Waals surface area contributed by atoms with Crippen LogP contribution in [0.3, 0.4) is 0 Å². The number of nitrogens with one attached hydrogen (secondary N) is 1. The van der Waals surface area contributed by atoms with Crippen LogP contribution in [0, 0.1) is 23.0 Å². The van der Waals surface area contributed by atoms with Crippen LogP contribution in [0.25, 0.3) is 11.0 Å². The Kier molecular flexibility index (Phi) is 6.22. The minimum absolute atomic E-state index is 0.225. The summed E-state index contributed by atoms with van der Waals surface area (Å²) in [6.45, 7) is 8.75. The van der Waals surface area contributed by atoms with Gasteiger partial charge in [-0.3, -0.25) is 0 Å². The van der Waals surface area contributed by atoms with E-state index in [4.69, 9.17) is 9.31 Å². The lowest BCUT2D eigenvalue weighted by atomic mass is 9.79. The Morgan fingerprint density at radius 1 is 0.973 bits per heavy atom. The number of rotatable bonds is 6. The Morgan fingerprint density at radius 3 is 2.30 bits per heavy atom. The Balaban J connectivity index is 1.38. The maximum atomic E-state index is 13.6. The molecule has 2 aromatic heterocycles. The van der Waals surface area contributed by atoms with Gasteiger partial charge in [0.15, 0.2) is 23.1 Å². The molecule has 0 unspecified atom stereocenters. The third-order valence-corrected chi connectivity index (χ3v) is 7.00. The SMILES string of the molecule is CC1(C)OB(c2ccc(Cn3nc(NCc4ccc(F)c(F)c4)c4cc(C#N)cnc43)cc2)OC1(C)C. The van der Waals surface area contributed by atoms with Crippen molar-refractivity contribution in [2.24, 2.45) is 0 Å². The molecule has 4 aromatic rings. The van der Waals surface area contributed by atoms with E-state index in [1.807, 2.05) is 52.0 Å². The van der Waals surface area contributed by atoms with Crippen LogP contribution >= 0.6 is 0 Å². The number of nitriles is 1. The molecule has 1 saturated heterocycles. The number of benzene rings is 2. The Bertz CT molecular complexity index is 1500. The second-order valence-corrected chi connectivity index (χ2v) is 10.1. The molecule has 0 bridgehead atoms. The molecule has 5 rings (SSSR count). The lowest BCUT2D eigenvalue weighted by Gasteiger charge is -2.32. The third kappa shape index (κ3) is 4.80. The first-order valence-electron chi connectivity index (χ1n) is 12.0. The van der Waals surface area contributed by atoms with Crippen LogP contribution in [0.1, 0.15) is 44.4 Å². The molecule has 0 radical (unpaired) electrons. The predicted octanol–water partition coefficient (Wildman–Crippen LogP) is 4.54. The van der Waals surface area contributed by atoms with E-state index in [9.17, 15) is 14.0 Å². The summed E-state index contributed by atoms with van der Waals surface area (Å²) in [6, 6.07) is 15.5. The fourth-order valence-electron chi connectivity index (χ4n) is 4.13. The van der Waals surface area contributed by atoms with Gasteiger partial charge in [0.25, 0.3) is 0 Å². The first kappa shape index (κ1) is 24.9. The molecule has 7 nitrogen and oxygen atoms in total. The minimum Gasteiger partial charge on any atom is -0.399 e. The molecule has 188 valence electrons. The highest BCUT2D eigenvalue weighted by Crippen LogP contribution is 2.36. The van der Waals surface area contributed by atoms with Crippen molar-refractivity contribution < 1.29 is 18.1 Å². The van der Waals surface area contributed by atoms with Crippen LogP contribution in [-0.4, -0.2) is 33.1 Å². The number of halogens is 2. The number of hydrogen-bond donors (Lipinski definition) is 1. The van der Waals surface area contributed by atoms with E-state index in [0.29, 0.717) is 34.5 Å². The standard InChI is InChI=1S/C27H26BF2N5O2/c1-26(2)27(3,4)37-28(36-26)20-8-5-17(6-9-20)16-35-25-21(11-19(13-31)15-33-25)24(34-35)32-14-18-7-10-22(29)23(30)12-18/h5-12,15H,14,16H2,1-4H3,(H,32,34). The summed E-state index contributed by atoms with van der Waals surface area (Å²) in [6.07, 6.45) is 1.50. The zero-order chi connectivity index (χ0) is 26.4. The number of anilines is 1. The van der Waals surface area contributed by atoms with Crippen LogP contribution in [0.2, 0.25) is 0 Å². The van der Waals surface area contributed by atoms with Crippen LogP contribution in [0.4, 0.5) is 14.6 Å². The van der Waals surface area contributed by atoms with Gasteiger partial charge in [0, 0.05) is 12.7 Å². The fourth-order valence-corrected chi connectivity index (χ4v) is 4.13. The van der Waals surface area contributed by atoms with E-state index in [-0.39, 0.29) is 6.54 Å². The molecule has 1 aliphatic rings. The van der Waals surface area contributed by atoms with Gasteiger partial charge in [-0.1, -0.05) is 30.3 Å². The molecule has 3 heterocycles. The second-order valence-electron chi connectivity index (χ2n) is 10.1. The van der Waals surface area contributed by atoms with E-state index in [2.05, 4.69) is 21.5 Å². The Labute approximate surface area is 214 Å². The van der Waals surface area contributed by atoms with Crippen LogP contribution in [0.5, 0.6) is 0 Å². The molecule has 10 heteroatoms. The number of hydrogen-bond acceptors (Lipinski definition) is 6. The van der Waals surface area contributed by atoms with Gasteiger partial charge >= 0.3 is 7.12 Å². The van der Waals surface area contributed by atoms with E-state index >= 15 is 0 Å². The van der Waals surface area contributed by atoms with Gasteiger partial charge in [-0.2, -0.15) is 10.4 Å². The highest BCUT2D eigenvalue weighted by Gasteiger charge is 2.51. The molecular formula is C27H26BF2N5O2. The molecule has 1 aliphatic heterocycles. The molecule has 0 atom stereocenters. The Hall–Kier alpha value is -3.81. The number of aromatic nitrogens is 3. The quantitative estimate of drug-likeness (QED) is 0.391. The van der Waals surface area contributed by atoms with Crippen LogP contribution in [-0.2, 0) is 22.4 Å². The highest BCUT2D eigenvalue weighted by molar-refractivity contribution is 6.62. The van der Waals surface area contributed by atoms with Crippen molar-refractivity contribution >= 4 is 29.4 Å². The van der Waals surface area contributed by atoms with Crippen molar-refractivity contribution in [1.82, 2.24) is 14.8 Å². The van der Waals surface area contributed by atoms with Gasteiger partial charge in [0.05, 0.1) is 28.7 Å². The largest absolute Gasteiger partial charge is 0.494 e. The molecule has 0 amide bonds. The average Bonchev–Trinajstić information content (AvgIpc) is 3.31. The maximum absolute atomic E-state index is 13.6. The predicted molar refractivity (Wildman–Crippen MR) is 137 cm³/mol. The zero-order valence-corrected chi connectivity index (χ0v) is 21.0. The molecule has 0 aliphatic carbocycles. The molecular weight excluding hydrogens is 475 g/mol. The fraction of sp³-hybridized carbons (Fsp3) is 0.296. The molecule has 37 heavy (non-hydrogen) atoms. The van der Waals surface area contributed by atoms with Gasteiger partial charge in [0.1, 0.15) is 6.07 Å². The first-order chi connectivity index (χ1) is 17.6. The van der Waals surface area contributed by atoms with Gasteiger partial charge in [-0.05, 0) is 62.5 Å². The molecule has 1 N–H and O–H groups in total.